The number of pyridine rings is 1. The van der Waals surface area contributed by atoms with Gasteiger partial charge in [-0.1, -0.05) is 23.7 Å². The molecule has 0 radical (unpaired) electrons. The minimum atomic E-state index is -0.479. The Hall–Kier alpha value is -3.65. The Bertz CT molecular complexity index is 1260. The van der Waals surface area contributed by atoms with Crippen molar-refractivity contribution in [1.29, 1.82) is 0 Å². The van der Waals surface area contributed by atoms with Gasteiger partial charge in [-0.2, -0.15) is 0 Å². The maximum atomic E-state index is 13.4. The van der Waals surface area contributed by atoms with Gasteiger partial charge in [-0.15, -0.1) is 0 Å². The fraction of sp³-hybridized carbons (Fsp3) is 0.269. The fourth-order valence-electron chi connectivity index (χ4n) is 4.31. The van der Waals surface area contributed by atoms with Crippen LogP contribution in [-0.4, -0.2) is 43.1 Å². The van der Waals surface area contributed by atoms with Gasteiger partial charge in [0.2, 0.25) is 0 Å². The zero-order valence-electron chi connectivity index (χ0n) is 19.1. The molecule has 9 heteroatoms. The van der Waals surface area contributed by atoms with Crippen molar-refractivity contribution >= 4 is 35.0 Å². The number of anilines is 2. The van der Waals surface area contributed by atoms with E-state index < -0.39 is 11.5 Å². The van der Waals surface area contributed by atoms with Crippen molar-refractivity contribution in [3.8, 4) is 0 Å². The molecule has 1 amide bonds. The third-order valence-corrected chi connectivity index (χ3v) is 6.64. The number of methoxy groups -OCH3 is 1. The minimum Gasteiger partial charge on any atom is -0.465 e. The van der Waals surface area contributed by atoms with Gasteiger partial charge in [-0.3, -0.25) is 4.79 Å². The second-order valence-electron chi connectivity index (χ2n) is 8.88. The molecule has 1 aliphatic carbocycles. The summed E-state index contributed by atoms with van der Waals surface area (Å²) >= 11 is 6.19. The summed E-state index contributed by atoms with van der Waals surface area (Å²) in [7, 11) is 1.34. The summed E-state index contributed by atoms with van der Waals surface area (Å²) in [5.41, 5.74) is 2.17. The molecule has 180 valence electrons. The molecule has 0 spiro atoms. The van der Waals surface area contributed by atoms with E-state index in [1.165, 1.54) is 25.4 Å². The molecule has 0 atom stereocenters. The quantitative estimate of drug-likeness (QED) is 0.474. The SMILES string of the molecule is COC(=O)c1ccc(C2(NC(=O)c3cc(Cl)cnc3N3CC(Nc4ccc(F)cc4)C3)CC2)cc1. The highest BCUT2D eigenvalue weighted by Gasteiger charge is 2.46. The van der Waals surface area contributed by atoms with Crippen LogP contribution in [0.5, 0.6) is 0 Å². The first-order valence-electron chi connectivity index (χ1n) is 11.3. The van der Waals surface area contributed by atoms with Crippen LogP contribution in [-0.2, 0) is 10.3 Å². The van der Waals surface area contributed by atoms with Gasteiger partial charge in [0.15, 0.2) is 0 Å². The van der Waals surface area contributed by atoms with Crippen LogP contribution in [0.25, 0.3) is 0 Å². The van der Waals surface area contributed by atoms with E-state index in [1.807, 2.05) is 17.0 Å². The number of ether oxygens (including phenoxy) is 1. The summed E-state index contributed by atoms with van der Waals surface area (Å²) in [6.07, 6.45) is 3.13. The molecule has 3 aromatic rings. The molecule has 7 nitrogen and oxygen atoms in total. The Morgan fingerprint density at radius 3 is 2.43 bits per heavy atom. The number of amides is 1. The monoisotopic (exact) mass is 494 g/mol. The van der Waals surface area contributed by atoms with Gasteiger partial charge in [0, 0.05) is 25.0 Å². The molecule has 5 rings (SSSR count). The Balaban J connectivity index is 1.28. The highest BCUT2D eigenvalue weighted by Crippen LogP contribution is 2.46. The Morgan fingerprint density at radius 1 is 1.11 bits per heavy atom. The Kier molecular flexibility index (Phi) is 6.06. The van der Waals surface area contributed by atoms with Crippen molar-refractivity contribution in [3.05, 3.63) is 88.3 Å². The first-order chi connectivity index (χ1) is 16.9. The van der Waals surface area contributed by atoms with Crippen molar-refractivity contribution in [3.63, 3.8) is 0 Å². The van der Waals surface area contributed by atoms with E-state index in [4.69, 9.17) is 16.3 Å². The number of nitrogens with one attached hydrogen (secondary N) is 2. The number of carbonyl (C=O) groups excluding carboxylic acids is 2. The molecule has 0 bridgehead atoms. The average molecular weight is 495 g/mol. The van der Waals surface area contributed by atoms with Crippen molar-refractivity contribution in [2.45, 2.75) is 24.4 Å². The topological polar surface area (TPSA) is 83.6 Å². The number of halogens is 2. The second-order valence-corrected chi connectivity index (χ2v) is 9.32. The third-order valence-electron chi connectivity index (χ3n) is 6.44. The molecule has 1 aliphatic heterocycles. The molecular formula is C26H24ClFN4O3. The zero-order chi connectivity index (χ0) is 24.6. The van der Waals surface area contributed by atoms with E-state index in [-0.39, 0.29) is 17.8 Å². The lowest BCUT2D eigenvalue weighted by Gasteiger charge is -2.41. The number of rotatable bonds is 7. The smallest absolute Gasteiger partial charge is 0.337 e. The fourth-order valence-corrected chi connectivity index (χ4v) is 4.47. The largest absolute Gasteiger partial charge is 0.465 e. The molecule has 0 unspecified atom stereocenters. The third kappa shape index (κ3) is 4.79. The molecule has 2 aromatic carbocycles. The number of esters is 1. The van der Waals surface area contributed by atoms with Gasteiger partial charge >= 0.3 is 5.97 Å². The first-order valence-corrected chi connectivity index (χ1v) is 11.7. The van der Waals surface area contributed by atoms with E-state index in [0.717, 1.165) is 24.1 Å². The molecule has 2 N–H and O–H groups in total. The standard InChI is InChI=1S/C26H24ClFN4O3/c1-35-25(34)16-2-4-17(5-3-16)26(10-11-26)31-24(33)22-12-18(27)13-29-23(22)32-14-21(15-32)30-20-8-6-19(28)7-9-20/h2-9,12-13,21,30H,10-11,14-15H2,1H3,(H,31,33). The van der Waals surface area contributed by atoms with Crippen molar-refractivity contribution < 1.29 is 18.7 Å². The molecule has 1 aromatic heterocycles. The molecule has 2 fully saturated rings. The number of hydrogen-bond acceptors (Lipinski definition) is 6. The van der Waals surface area contributed by atoms with E-state index in [9.17, 15) is 14.0 Å². The molecule has 1 saturated heterocycles. The lowest BCUT2D eigenvalue weighted by atomic mass is 10.0. The minimum absolute atomic E-state index is 0.150. The number of benzene rings is 2. The summed E-state index contributed by atoms with van der Waals surface area (Å²) in [5.74, 6) is -0.359. The number of aromatic nitrogens is 1. The van der Waals surface area contributed by atoms with Crippen molar-refractivity contribution in [2.24, 2.45) is 0 Å². The maximum Gasteiger partial charge on any atom is 0.337 e. The van der Waals surface area contributed by atoms with Crippen molar-refractivity contribution in [1.82, 2.24) is 10.3 Å². The van der Waals surface area contributed by atoms with Gasteiger partial charge in [0.25, 0.3) is 5.91 Å². The van der Waals surface area contributed by atoms with Crippen LogP contribution in [0.2, 0.25) is 5.02 Å². The maximum absolute atomic E-state index is 13.4. The van der Waals surface area contributed by atoms with Gasteiger partial charge < -0.3 is 20.3 Å². The van der Waals surface area contributed by atoms with E-state index in [1.54, 1.807) is 30.3 Å². The highest BCUT2D eigenvalue weighted by molar-refractivity contribution is 6.31. The predicted molar refractivity (Wildman–Crippen MR) is 131 cm³/mol. The average Bonchev–Trinajstić information content (AvgIpc) is 3.62. The lowest BCUT2D eigenvalue weighted by Crippen LogP contribution is -2.55. The Labute approximate surface area is 207 Å². The molecule has 2 aliphatic rings. The summed E-state index contributed by atoms with van der Waals surface area (Å²) < 4.78 is 17.9. The van der Waals surface area contributed by atoms with Crippen LogP contribution in [0.15, 0.2) is 60.8 Å². The van der Waals surface area contributed by atoms with Crippen LogP contribution < -0.4 is 15.5 Å². The van der Waals surface area contributed by atoms with E-state index in [0.29, 0.717) is 35.1 Å². The van der Waals surface area contributed by atoms with Crippen LogP contribution in [0.4, 0.5) is 15.9 Å². The molecule has 2 heterocycles. The van der Waals surface area contributed by atoms with Crippen LogP contribution in [0.3, 0.4) is 0 Å². The normalized spacial score (nSPS) is 16.3. The lowest BCUT2D eigenvalue weighted by molar-refractivity contribution is 0.0600. The molecule has 35 heavy (non-hydrogen) atoms. The molecular weight excluding hydrogens is 471 g/mol. The van der Waals surface area contributed by atoms with Gasteiger partial charge in [-0.25, -0.2) is 14.2 Å². The van der Waals surface area contributed by atoms with Gasteiger partial charge in [0.1, 0.15) is 11.6 Å². The van der Waals surface area contributed by atoms with Gasteiger partial charge in [-0.05, 0) is 60.9 Å². The van der Waals surface area contributed by atoms with Crippen LogP contribution in [0, 0.1) is 5.82 Å². The molecule has 1 saturated carbocycles. The number of hydrogen-bond donors (Lipinski definition) is 2. The van der Waals surface area contributed by atoms with E-state index in [2.05, 4.69) is 15.6 Å². The van der Waals surface area contributed by atoms with E-state index >= 15 is 0 Å². The number of nitrogens with zero attached hydrogens (tertiary/aromatic N) is 2. The number of carbonyl (C=O) groups is 2. The summed E-state index contributed by atoms with van der Waals surface area (Å²) in [6, 6.07) is 15.1. The highest BCUT2D eigenvalue weighted by atomic mass is 35.5. The summed E-state index contributed by atoms with van der Waals surface area (Å²) in [4.78, 5) is 31.5. The first kappa shape index (κ1) is 23.1. The second kappa shape index (κ2) is 9.19. The van der Waals surface area contributed by atoms with Crippen LogP contribution >= 0.6 is 11.6 Å². The predicted octanol–water partition coefficient (Wildman–Crippen LogP) is 4.38. The summed E-state index contributed by atoms with van der Waals surface area (Å²) in [5, 5.41) is 6.90. The van der Waals surface area contributed by atoms with Crippen LogP contribution in [0.1, 0.15) is 39.1 Å². The van der Waals surface area contributed by atoms with Crippen molar-refractivity contribution in [2.75, 3.05) is 30.4 Å². The zero-order valence-corrected chi connectivity index (χ0v) is 19.8. The van der Waals surface area contributed by atoms with Gasteiger partial charge in [0.05, 0.1) is 34.8 Å². The Morgan fingerprint density at radius 2 is 1.80 bits per heavy atom. The summed E-state index contributed by atoms with van der Waals surface area (Å²) in [6.45, 7) is 1.29.